The average molecular weight is 357 g/mol. The van der Waals surface area contributed by atoms with Gasteiger partial charge in [-0.1, -0.05) is 0 Å². The number of halogens is 2. The number of aromatic nitrogens is 4. The van der Waals surface area contributed by atoms with Crippen LogP contribution in [0.5, 0.6) is 0 Å². The van der Waals surface area contributed by atoms with E-state index in [9.17, 15) is 13.6 Å². The maximum Gasteiger partial charge on any atom is 0.242 e. The molecule has 0 aliphatic carbocycles. The molecule has 1 aromatic carbocycles. The standard InChI is InChI=1S/C18H17F2N5O/c19-14-4-3-12(7-15(14)20)17-18(13-8-22-23-9-13)25(11-21-17)10-16(26)24-5-1-2-6-24/h3-4,7-9,11H,1-2,5-6,10H2,(H,22,23). The van der Waals surface area contributed by atoms with Gasteiger partial charge in [0.1, 0.15) is 6.54 Å². The molecule has 134 valence electrons. The maximum atomic E-state index is 13.7. The van der Waals surface area contributed by atoms with E-state index in [4.69, 9.17) is 0 Å². The summed E-state index contributed by atoms with van der Waals surface area (Å²) in [5.41, 5.74) is 2.26. The first-order valence-corrected chi connectivity index (χ1v) is 8.41. The molecule has 1 amide bonds. The molecule has 0 radical (unpaired) electrons. The molecule has 26 heavy (non-hydrogen) atoms. The van der Waals surface area contributed by atoms with Crippen molar-refractivity contribution in [3.8, 4) is 22.5 Å². The third-order valence-corrected chi connectivity index (χ3v) is 4.57. The smallest absolute Gasteiger partial charge is 0.242 e. The number of benzene rings is 1. The number of hydrogen-bond donors (Lipinski definition) is 1. The number of hydrogen-bond acceptors (Lipinski definition) is 3. The summed E-state index contributed by atoms with van der Waals surface area (Å²) in [5, 5.41) is 6.68. The third kappa shape index (κ3) is 2.98. The Labute approximate surface area is 148 Å². The van der Waals surface area contributed by atoms with Gasteiger partial charge in [0.05, 0.1) is 23.9 Å². The molecule has 1 aliphatic heterocycles. The highest BCUT2D eigenvalue weighted by Gasteiger charge is 2.22. The summed E-state index contributed by atoms with van der Waals surface area (Å²) in [6, 6.07) is 3.64. The molecule has 0 spiro atoms. The first-order valence-electron chi connectivity index (χ1n) is 8.41. The second-order valence-electron chi connectivity index (χ2n) is 6.27. The van der Waals surface area contributed by atoms with Gasteiger partial charge in [-0.3, -0.25) is 9.89 Å². The van der Waals surface area contributed by atoms with Crippen LogP contribution in [0.1, 0.15) is 12.8 Å². The number of nitrogens with zero attached hydrogens (tertiary/aromatic N) is 4. The summed E-state index contributed by atoms with van der Waals surface area (Å²) in [4.78, 5) is 18.7. The number of carbonyl (C=O) groups is 1. The topological polar surface area (TPSA) is 66.8 Å². The Balaban J connectivity index is 1.74. The average Bonchev–Trinajstić information content (AvgIpc) is 3.38. The first kappa shape index (κ1) is 16.4. The molecule has 1 N–H and O–H groups in total. The minimum absolute atomic E-state index is 0.0153. The molecule has 1 saturated heterocycles. The zero-order valence-corrected chi connectivity index (χ0v) is 14.0. The number of aromatic amines is 1. The van der Waals surface area contributed by atoms with Crippen LogP contribution in [0.15, 0.2) is 36.9 Å². The number of H-pyrrole nitrogens is 1. The van der Waals surface area contributed by atoms with Crippen molar-refractivity contribution in [3.05, 3.63) is 48.6 Å². The zero-order valence-electron chi connectivity index (χ0n) is 14.0. The van der Waals surface area contributed by atoms with Crippen LogP contribution in [0.4, 0.5) is 8.78 Å². The van der Waals surface area contributed by atoms with Gasteiger partial charge in [0, 0.05) is 30.4 Å². The van der Waals surface area contributed by atoms with Gasteiger partial charge in [0.2, 0.25) is 5.91 Å². The molecule has 0 unspecified atom stereocenters. The van der Waals surface area contributed by atoms with Crippen molar-refractivity contribution in [3.63, 3.8) is 0 Å². The van der Waals surface area contributed by atoms with Crippen LogP contribution < -0.4 is 0 Å². The van der Waals surface area contributed by atoms with E-state index in [-0.39, 0.29) is 12.5 Å². The lowest BCUT2D eigenvalue weighted by Crippen LogP contribution is -2.31. The zero-order chi connectivity index (χ0) is 18.1. The molecule has 1 aliphatic rings. The van der Waals surface area contributed by atoms with E-state index in [1.807, 2.05) is 4.90 Å². The summed E-state index contributed by atoms with van der Waals surface area (Å²) in [5.74, 6) is -1.84. The molecule has 8 heteroatoms. The predicted octanol–water partition coefficient (Wildman–Crippen LogP) is 2.84. The normalized spacial score (nSPS) is 14.2. The van der Waals surface area contributed by atoms with Crippen molar-refractivity contribution < 1.29 is 13.6 Å². The van der Waals surface area contributed by atoms with E-state index in [0.717, 1.165) is 43.6 Å². The largest absolute Gasteiger partial charge is 0.341 e. The molecule has 4 rings (SSSR count). The van der Waals surface area contributed by atoms with Crippen molar-refractivity contribution in [2.24, 2.45) is 0 Å². The molecule has 1 fully saturated rings. The fourth-order valence-corrected chi connectivity index (χ4v) is 3.25. The van der Waals surface area contributed by atoms with Gasteiger partial charge in [-0.15, -0.1) is 0 Å². The van der Waals surface area contributed by atoms with Gasteiger partial charge < -0.3 is 9.47 Å². The van der Waals surface area contributed by atoms with Crippen LogP contribution in [-0.4, -0.2) is 43.6 Å². The van der Waals surface area contributed by atoms with Gasteiger partial charge in [0.15, 0.2) is 11.6 Å². The second-order valence-corrected chi connectivity index (χ2v) is 6.27. The monoisotopic (exact) mass is 357 g/mol. The second kappa shape index (κ2) is 6.70. The first-order chi connectivity index (χ1) is 12.6. The number of nitrogens with one attached hydrogen (secondary N) is 1. The molecular formula is C18H17F2N5O. The highest BCUT2D eigenvalue weighted by Crippen LogP contribution is 2.31. The van der Waals surface area contributed by atoms with E-state index in [0.29, 0.717) is 17.0 Å². The SMILES string of the molecule is O=C(Cn1cnc(-c2ccc(F)c(F)c2)c1-c1cn[nH]c1)N1CCCC1. The van der Waals surface area contributed by atoms with Gasteiger partial charge in [0.25, 0.3) is 0 Å². The lowest BCUT2D eigenvalue weighted by atomic mass is 10.1. The van der Waals surface area contributed by atoms with E-state index in [2.05, 4.69) is 15.2 Å². The van der Waals surface area contributed by atoms with E-state index in [1.54, 1.807) is 23.3 Å². The number of likely N-dealkylation sites (tertiary alicyclic amines) is 1. The van der Waals surface area contributed by atoms with Crippen LogP contribution in [-0.2, 0) is 11.3 Å². The van der Waals surface area contributed by atoms with Crippen molar-refractivity contribution in [2.45, 2.75) is 19.4 Å². The van der Waals surface area contributed by atoms with Crippen LogP contribution in [0.3, 0.4) is 0 Å². The Morgan fingerprint density at radius 2 is 1.96 bits per heavy atom. The third-order valence-electron chi connectivity index (χ3n) is 4.57. The van der Waals surface area contributed by atoms with Gasteiger partial charge in [-0.05, 0) is 31.0 Å². The molecule has 2 aromatic heterocycles. The Morgan fingerprint density at radius 3 is 2.65 bits per heavy atom. The molecular weight excluding hydrogens is 340 g/mol. The van der Waals surface area contributed by atoms with Crippen molar-refractivity contribution >= 4 is 5.91 Å². The summed E-state index contributed by atoms with van der Waals surface area (Å²) in [7, 11) is 0. The van der Waals surface area contributed by atoms with Crippen LogP contribution in [0.2, 0.25) is 0 Å². The molecule has 3 aromatic rings. The quantitative estimate of drug-likeness (QED) is 0.781. The van der Waals surface area contributed by atoms with Gasteiger partial charge >= 0.3 is 0 Å². The van der Waals surface area contributed by atoms with Crippen molar-refractivity contribution in [2.75, 3.05) is 13.1 Å². The number of carbonyl (C=O) groups excluding carboxylic acids is 1. The predicted molar refractivity (Wildman–Crippen MR) is 91.0 cm³/mol. The minimum atomic E-state index is -0.941. The Hall–Kier alpha value is -3.03. The number of imidazole rings is 1. The lowest BCUT2D eigenvalue weighted by Gasteiger charge is -2.16. The highest BCUT2D eigenvalue weighted by molar-refractivity contribution is 5.81. The Morgan fingerprint density at radius 1 is 1.15 bits per heavy atom. The fourth-order valence-electron chi connectivity index (χ4n) is 3.25. The highest BCUT2D eigenvalue weighted by atomic mass is 19.2. The van der Waals surface area contributed by atoms with Gasteiger partial charge in [-0.2, -0.15) is 5.10 Å². The van der Waals surface area contributed by atoms with Crippen molar-refractivity contribution in [1.82, 2.24) is 24.6 Å². The summed E-state index contributed by atoms with van der Waals surface area (Å²) in [6.07, 6.45) is 6.87. The lowest BCUT2D eigenvalue weighted by molar-refractivity contribution is -0.130. The van der Waals surface area contributed by atoms with E-state index >= 15 is 0 Å². The van der Waals surface area contributed by atoms with Crippen LogP contribution in [0, 0.1) is 11.6 Å². The Bertz CT molecular complexity index is 929. The van der Waals surface area contributed by atoms with Crippen LogP contribution >= 0.6 is 0 Å². The fraction of sp³-hybridized carbons (Fsp3) is 0.278. The van der Waals surface area contributed by atoms with E-state index in [1.165, 1.54) is 6.07 Å². The maximum absolute atomic E-state index is 13.7. The van der Waals surface area contributed by atoms with E-state index < -0.39 is 11.6 Å². The van der Waals surface area contributed by atoms with Gasteiger partial charge in [-0.25, -0.2) is 13.8 Å². The molecule has 3 heterocycles. The summed E-state index contributed by atoms with van der Waals surface area (Å²) in [6.45, 7) is 1.67. The Kier molecular flexibility index (Phi) is 4.24. The minimum Gasteiger partial charge on any atom is -0.341 e. The number of amides is 1. The number of rotatable bonds is 4. The summed E-state index contributed by atoms with van der Waals surface area (Å²) >= 11 is 0. The molecule has 0 atom stereocenters. The van der Waals surface area contributed by atoms with Crippen LogP contribution in [0.25, 0.3) is 22.5 Å². The molecule has 0 bridgehead atoms. The molecule has 0 saturated carbocycles. The van der Waals surface area contributed by atoms with Crippen molar-refractivity contribution in [1.29, 1.82) is 0 Å². The summed E-state index contributed by atoms with van der Waals surface area (Å²) < 4.78 is 28.7. The molecule has 6 nitrogen and oxygen atoms in total.